The van der Waals surface area contributed by atoms with Gasteiger partial charge in [-0.1, -0.05) is 64.9 Å². The van der Waals surface area contributed by atoms with Gasteiger partial charge in [0.2, 0.25) is 0 Å². The number of carboxylic acid groups (broad SMARTS) is 1. The van der Waals surface area contributed by atoms with Crippen LogP contribution in [-0.2, 0) is 18.3 Å². The van der Waals surface area contributed by atoms with Crippen LogP contribution in [0.1, 0.15) is 92.0 Å². The highest BCUT2D eigenvalue weighted by atomic mass is 32.1. The lowest BCUT2D eigenvalue weighted by molar-refractivity contribution is 0.0702. The molecule has 0 aliphatic heterocycles. The van der Waals surface area contributed by atoms with E-state index in [0.29, 0.717) is 4.88 Å². The van der Waals surface area contributed by atoms with Crippen LogP contribution in [0.15, 0.2) is 35.5 Å². The topological polar surface area (TPSA) is 66.7 Å². The minimum atomic E-state index is -0.867. The fraction of sp³-hybridized carbons (Fsp3) is 0.560. The molecule has 0 aliphatic rings. The maximum atomic E-state index is 11.4. The number of aromatic carboxylic acids is 1. The molecule has 2 rings (SSSR count). The standard InChI is InChI=1S/C25H35NO3S/c1-7-17-16-19(12-10-18(17)11-14-21(26-29)24(4,5)6)25(8-2,9-3)22-15-13-20(30-22)23(27)28/h10,12-13,15-16,21H,7-9,11,14H2,1-6H3,(H,27,28). The molecule has 2 aromatic rings. The maximum Gasteiger partial charge on any atom is 0.345 e. The lowest BCUT2D eigenvalue weighted by Gasteiger charge is -2.32. The molecular formula is C25H35NO3S. The van der Waals surface area contributed by atoms with Gasteiger partial charge in [0.15, 0.2) is 0 Å². The van der Waals surface area contributed by atoms with Gasteiger partial charge in [0, 0.05) is 10.3 Å². The Bertz CT molecular complexity index is 875. The maximum absolute atomic E-state index is 11.4. The Hall–Kier alpha value is -2.01. The number of hydrogen-bond donors (Lipinski definition) is 1. The molecule has 1 N–H and O–H groups in total. The zero-order valence-corrected chi connectivity index (χ0v) is 19.9. The highest BCUT2D eigenvalue weighted by Crippen LogP contribution is 2.43. The van der Waals surface area contributed by atoms with Crippen molar-refractivity contribution in [2.75, 3.05) is 0 Å². The summed E-state index contributed by atoms with van der Waals surface area (Å²) in [6, 6.07) is 10.2. The summed E-state index contributed by atoms with van der Waals surface area (Å²) in [5, 5.41) is 12.7. The number of carboxylic acids is 1. The van der Waals surface area contributed by atoms with Crippen molar-refractivity contribution in [3.8, 4) is 0 Å². The summed E-state index contributed by atoms with van der Waals surface area (Å²) in [5.74, 6) is -0.867. The third-order valence-corrected chi connectivity index (χ3v) is 7.73. The summed E-state index contributed by atoms with van der Waals surface area (Å²) in [7, 11) is 0. The molecule has 5 heteroatoms. The van der Waals surface area contributed by atoms with Crippen molar-refractivity contribution >= 4 is 17.3 Å². The monoisotopic (exact) mass is 429 g/mol. The van der Waals surface area contributed by atoms with E-state index >= 15 is 0 Å². The van der Waals surface area contributed by atoms with Crippen LogP contribution < -0.4 is 0 Å². The van der Waals surface area contributed by atoms with E-state index in [9.17, 15) is 14.8 Å². The molecule has 0 amide bonds. The molecule has 0 radical (unpaired) electrons. The summed E-state index contributed by atoms with van der Waals surface area (Å²) in [4.78, 5) is 24.2. The summed E-state index contributed by atoms with van der Waals surface area (Å²) in [6.07, 6.45) is 4.33. The molecule has 30 heavy (non-hydrogen) atoms. The third-order valence-electron chi connectivity index (χ3n) is 6.45. The fourth-order valence-corrected chi connectivity index (χ4v) is 5.49. The lowest BCUT2D eigenvalue weighted by Crippen LogP contribution is -2.26. The van der Waals surface area contributed by atoms with Crippen molar-refractivity contribution in [1.29, 1.82) is 0 Å². The summed E-state index contributed by atoms with van der Waals surface area (Å²) < 4.78 is 0. The van der Waals surface area contributed by atoms with Crippen molar-refractivity contribution in [2.45, 2.75) is 85.1 Å². The van der Waals surface area contributed by atoms with Crippen LogP contribution in [0.2, 0.25) is 0 Å². The number of benzene rings is 1. The van der Waals surface area contributed by atoms with Crippen molar-refractivity contribution < 1.29 is 9.90 Å². The number of carbonyl (C=O) groups is 1. The van der Waals surface area contributed by atoms with Gasteiger partial charge in [-0.2, -0.15) is 4.91 Å². The number of aryl methyl sites for hydroxylation is 2. The molecule has 164 valence electrons. The second-order valence-electron chi connectivity index (χ2n) is 9.12. The van der Waals surface area contributed by atoms with Crippen LogP contribution >= 0.6 is 11.3 Å². The van der Waals surface area contributed by atoms with E-state index in [1.54, 1.807) is 6.07 Å². The number of hydrogen-bond acceptors (Lipinski definition) is 4. The predicted octanol–water partition coefficient (Wildman–Crippen LogP) is 7.23. The second-order valence-corrected chi connectivity index (χ2v) is 10.2. The fourth-order valence-electron chi connectivity index (χ4n) is 4.29. The van der Waals surface area contributed by atoms with Gasteiger partial charge in [0.1, 0.15) is 4.88 Å². The number of nitroso groups, excluding NO2 is 1. The van der Waals surface area contributed by atoms with Gasteiger partial charge in [-0.25, -0.2) is 4.79 Å². The summed E-state index contributed by atoms with van der Waals surface area (Å²) in [6.45, 7) is 12.7. The molecule has 0 saturated heterocycles. The third kappa shape index (κ3) is 5.00. The van der Waals surface area contributed by atoms with Crippen LogP contribution in [0, 0.1) is 10.3 Å². The first-order valence-corrected chi connectivity index (χ1v) is 11.7. The van der Waals surface area contributed by atoms with Crippen molar-refractivity contribution in [3.63, 3.8) is 0 Å². The molecule has 1 unspecified atom stereocenters. The minimum Gasteiger partial charge on any atom is -0.477 e. The highest BCUT2D eigenvalue weighted by molar-refractivity contribution is 7.14. The van der Waals surface area contributed by atoms with Gasteiger partial charge in [0.25, 0.3) is 0 Å². The van der Waals surface area contributed by atoms with Crippen LogP contribution in [0.4, 0.5) is 0 Å². The van der Waals surface area contributed by atoms with Crippen molar-refractivity contribution in [2.24, 2.45) is 10.6 Å². The number of nitrogens with zero attached hydrogens (tertiary/aromatic N) is 1. The molecular weight excluding hydrogens is 394 g/mol. The molecule has 4 nitrogen and oxygen atoms in total. The van der Waals surface area contributed by atoms with E-state index in [1.807, 2.05) is 6.07 Å². The molecule has 0 saturated carbocycles. The van der Waals surface area contributed by atoms with Crippen molar-refractivity contribution in [1.82, 2.24) is 0 Å². The van der Waals surface area contributed by atoms with E-state index in [0.717, 1.165) is 37.0 Å². The largest absolute Gasteiger partial charge is 0.477 e. The first-order valence-electron chi connectivity index (χ1n) is 10.9. The quantitative estimate of drug-likeness (QED) is 0.405. The highest BCUT2D eigenvalue weighted by Gasteiger charge is 2.33. The Morgan fingerprint density at radius 1 is 1.07 bits per heavy atom. The Labute approximate surface area is 184 Å². The Kier molecular flexibility index (Phi) is 7.98. The Balaban J connectivity index is 2.40. The van der Waals surface area contributed by atoms with E-state index in [-0.39, 0.29) is 16.9 Å². The van der Waals surface area contributed by atoms with Gasteiger partial charge < -0.3 is 5.11 Å². The zero-order valence-electron chi connectivity index (χ0n) is 19.1. The molecule has 0 fully saturated rings. The first kappa shape index (κ1) is 24.3. The van der Waals surface area contributed by atoms with E-state index in [1.165, 1.54) is 28.0 Å². The Morgan fingerprint density at radius 3 is 2.20 bits per heavy atom. The average Bonchev–Trinajstić information content (AvgIpc) is 3.20. The molecule has 0 aliphatic carbocycles. The van der Waals surface area contributed by atoms with Gasteiger partial charge in [-0.15, -0.1) is 11.3 Å². The van der Waals surface area contributed by atoms with Crippen LogP contribution in [0.25, 0.3) is 0 Å². The zero-order chi connectivity index (χ0) is 22.5. The lowest BCUT2D eigenvalue weighted by atomic mass is 9.73. The summed E-state index contributed by atoms with van der Waals surface area (Å²) >= 11 is 1.38. The van der Waals surface area contributed by atoms with E-state index in [2.05, 4.69) is 64.9 Å². The van der Waals surface area contributed by atoms with Crippen LogP contribution in [0.5, 0.6) is 0 Å². The second kappa shape index (κ2) is 9.86. The number of thiophene rings is 1. The SMILES string of the molecule is CCc1cc(C(CC)(CC)c2ccc(C(=O)O)s2)ccc1CCC(N=O)C(C)(C)C. The summed E-state index contributed by atoms with van der Waals surface area (Å²) in [5.41, 5.74) is 3.51. The molecule has 1 aromatic carbocycles. The van der Waals surface area contributed by atoms with Gasteiger partial charge >= 0.3 is 5.97 Å². The van der Waals surface area contributed by atoms with Crippen LogP contribution in [-0.4, -0.2) is 17.1 Å². The normalized spacial score (nSPS) is 13.3. The molecule has 1 heterocycles. The van der Waals surface area contributed by atoms with E-state index < -0.39 is 5.97 Å². The van der Waals surface area contributed by atoms with Gasteiger partial charge in [-0.3, -0.25) is 0 Å². The first-order chi connectivity index (χ1) is 14.1. The average molecular weight is 430 g/mol. The van der Waals surface area contributed by atoms with Crippen LogP contribution in [0.3, 0.4) is 0 Å². The molecule has 1 atom stereocenters. The van der Waals surface area contributed by atoms with Gasteiger partial charge in [-0.05, 0) is 66.3 Å². The van der Waals surface area contributed by atoms with E-state index in [4.69, 9.17) is 0 Å². The van der Waals surface area contributed by atoms with Crippen molar-refractivity contribution in [3.05, 3.63) is 61.7 Å². The number of rotatable bonds is 10. The Morgan fingerprint density at radius 2 is 1.73 bits per heavy atom. The molecule has 0 bridgehead atoms. The predicted molar refractivity (Wildman–Crippen MR) is 126 cm³/mol. The molecule has 0 spiro atoms. The molecule has 1 aromatic heterocycles. The smallest absolute Gasteiger partial charge is 0.345 e. The minimum absolute atomic E-state index is 0.130. The van der Waals surface area contributed by atoms with Gasteiger partial charge in [0.05, 0.1) is 6.04 Å².